The summed E-state index contributed by atoms with van der Waals surface area (Å²) in [5, 5.41) is 0. The number of aryl methyl sites for hydroxylation is 2. The molecule has 3 saturated carbocycles. The van der Waals surface area contributed by atoms with Gasteiger partial charge in [0.1, 0.15) is 0 Å². The summed E-state index contributed by atoms with van der Waals surface area (Å²) in [7, 11) is 0. The van der Waals surface area contributed by atoms with Crippen LogP contribution in [0.1, 0.15) is 184 Å². The van der Waals surface area contributed by atoms with Crippen LogP contribution in [0.25, 0.3) is 44.5 Å². The van der Waals surface area contributed by atoms with E-state index in [1.54, 1.807) is 22.3 Å². The molecule has 5 aliphatic carbocycles. The van der Waals surface area contributed by atoms with Crippen LogP contribution >= 0.6 is 63.7 Å². The molecule has 0 unspecified atom stereocenters. The van der Waals surface area contributed by atoms with E-state index in [1.807, 2.05) is 13.8 Å². The average Bonchev–Trinajstić information content (AvgIpc) is 2.20. The Morgan fingerprint density at radius 1 is 0.292 bits per heavy atom. The zero-order valence-electron chi connectivity index (χ0n) is 54.3. The van der Waals surface area contributed by atoms with E-state index in [4.69, 9.17) is 0 Å². The fourth-order valence-electron chi connectivity index (χ4n) is 12.7. The van der Waals surface area contributed by atoms with Crippen LogP contribution < -0.4 is 0 Å². The molecule has 13 rings (SSSR count). The minimum Gasteiger partial charge on any atom is -0.358 e. The first-order valence-electron chi connectivity index (χ1n) is 31.3. The molecule has 5 aliphatic rings. The first kappa shape index (κ1) is 77.1. The molecule has 0 radical (unpaired) electrons. The minimum absolute atomic E-state index is 0. The van der Waals surface area contributed by atoms with Gasteiger partial charge in [-0.1, -0.05) is 263 Å². The van der Waals surface area contributed by atoms with Crippen LogP contribution in [0, 0.1) is 80.4 Å². The normalized spacial score (nSPS) is 14.6. The van der Waals surface area contributed by atoms with E-state index in [0.29, 0.717) is 0 Å². The van der Waals surface area contributed by atoms with E-state index in [1.165, 1.54) is 198 Å². The zero-order valence-corrected chi connectivity index (χ0v) is 63.1. The topological polar surface area (TPSA) is 0 Å². The third-order valence-electron chi connectivity index (χ3n) is 17.5. The Morgan fingerprint density at radius 3 is 0.719 bits per heavy atom. The maximum atomic E-state index is 3.56. The molecule has 464 valence electrons. The number of halogens is 4. The zero-order chi connectivity index (χ0) is 60.2. The Labute approximate surface area is 593 Å². The molecular weight excluding hydrogens is 1420 g/mol. The first-order valence-corrected chi connectivity index (χ1v) is 34.5. The van der Waals surface area contributed by atoms with Gasteiger partial charge in [0.25, 0.3) is 0 Å². The van der Waals surface area contributed by atoms with Crippen molar-refractivity contribution >= 4 is 63.7 Å². The molecule has 5 heteroatoms. The number of fused-ring (bicyclic) bond motifs is 2. The Hall–Kier alpha value is -4.40. The summed E-state index contributed by atoms with van der Waals surface area (Å²) in [5.41, 5.74) is 30.8. The fourth-order valence-corrected chi connectivity index (χ4v) is 13.7. The van der Waals surface area contributed by atoms with E-state index in [2.05, 4.69) is 275 Å². The Morgan fingerprint density at radius 2 is 0.494 bits per heavy atom. The van der Waals surface area contributed by atoms with Crippen molar-refractivity contribution in [2.24, 2.45) is 0 Å². The first-order chi connectivity index (χ1) is 41.2. The van der Waals surface area contributed by atoms with Gasteiger partial charge in [-0.2, -0.15) is 23.3 Å². The van der Waals surface area contributed by atoms with E-state index >= 15 is 0 Å². The van der Waals surface area contributed by atoms with Crippen LogP contribution in [0.2, 0.25) is 0 Å². The molecule has 0 aromatic heterocycles. The molecule has 0 bridgehead atoms. The Kier molecular flexibility index (Phi) is 34.0. The monoisotopic (exact) mass is 1510 g/mol. The number of allylic oxidation sites excluding steroid dienone is 2. The van der Waals surface area contributed by atoms with Gasteiger partial charge in [0.05, 0.1) is 0 Å². The molecular formula is C84H96Br4Zr. The van der Waals surface area contributed by atoms with Crippen molar-refractivity contribution in [3.05, 3.63) is 268 Å². The van der Waals surface area contributed by atoms with Crippen molar-refractivity contribution < 1.29 is 26.2 Å². The van der Waals surface area contributed by atoms with E-state index < -0.39 is 0 Å². The van der Waals surface area contributed by atoms with Gasteiger partial charge in [0.15, 0.2) is 0 Å². The van der Waals surface area contributed by atoms with E-state index in [-0.39, 0.29) is 48.5 Å². The molecule has 0 atom stereocenters. The minimum atomic E-state index is 0. The number of rotatable bonds is 6. The van der Waals surface area contributed by atoms with Crippen LogP contribution in [0.5, 0.6) is 0 Å². The van der Waals surface area contributed by atoms with E-state index in [0.717, 1.165) is 41.9 Å². The summed E-state index contributed by atoms with van der Waals surface area (Å²) in [4.78, 5) is 0. The van der Waals surface area contributed by atoms with Gasteiger partial charge in [-0.3, -0.25) is 0 Å². The number of benzene rings is 8. The number of hydrogen-bond donors (Lipinski definition) is 0. The molecule has 0 aliphatic heterocycles. The summed E-state index contributed by atoms with van der Waals surface area (Å²) < 4.78 is 4.46. The second-order valence-electron chi connectivity index (χ2n) is 23.5. The van der Waals surface area contributed by atoms with Gasteiger partial charge in [0.2, 0.25) is 0 Å². The molecule has 0 saturated heterocycles. The molecule has 0 heterocycles. The van der Waals surface area contributed by atoms with Crippen molar-refractivity contribution in [2.75, 3.05) is 0 Å². The number of hydrogen-bond acceptors (Lipinski definition) is 0. The second kappa shape index (κ2) is 39.2. The average molecular weight is 1520 g/mol. The molecule has 0 amide bonds. The Balaban J connectivity index is 0.000000252. The van der Waals surface area contributed by atoms with Crippen molar-refractivity contribution in [2.45, 2.75) is 185 Å². The van der Waals surface area contributed by atoms with Crippen molar-refractivity contribution in [1.82, 2.24) is 0 Å². The molecule has 89 heavy (non-hydrogen) atoms. The summed E-state index contributed by atoms with van der Waals surface area (Å²) >= 11 is 14.0. The van der Waals surface area contributed by atoms with Gasteiger partial charge in [-0.25, -0.2) is 11.1 Å². The van der Waals surface area contributed by atoms with Gasteiger partial charge in [-0.15, -0.1) is 36.1 Å². The smallest absolute Gasteiger partial charge is 0.358 e. The van der Waals surface area contributed by atoms with Crippen molar-refractivity contribution in [3.8, 4) is 56.3 Å². The predicted octanol–water partition coefficient (Wildman–Crippen LogP) is 27.1. The molecule has 0 nitrogen and oxygen atoms in total. The Bertz CT molecular complexity index is 3170. The summed E-state index contributed by atoms with van der Waals surface area (Å²) in [6.07, 6.45) is 32.8. The molecule has 3 fully saturated rings. The van der Waals surface area contributed by atoms with Gasteiger partial charge in [0, 0.05) is 8.95 Å². The SMILES string of the molecule is Brc1ccc([C-]=C2CCCC2=[C-]c2ccc(Br)cc2)cc1.C.C1CCCC1.C1CCCC1.CC#CC.Cc1c(C)c(-c2ccc(Br)cc2)c2c(c1-c1ccc(Br)cc1)CCC2.Cc1ccc(-c2c(C)c(C)c(-c3ccc(C)cc3)c3c2CCC3)cc1.[CH3-].[CH3-].[Zr+4]. The van der Waals surface area contributed by atoms with Gasteiger partial charge >= 0.3 is 26.2 Å². The third-order valence-corrected chi connectivity index (χ3v) is 19.6. The standard InChI is InChI=1S/C25H26.C23H20Br2.C19H14Br2.2C5H10.C4H6.CH4.2CH3.Zr/c1-16-8-12-20(13-9-16)24-18(3)19(4)25(23-7-5-6-22(23)24)21-14-10-17(2)11-15-21;1-14-15(2)23(17-8-12-19(25)13-9-17)21-5-3-4-20(21)22(14)16-6-10-18(24)11-7-16;20-18-8-4-14(5-9-18)12-16-2-1-3-17(16)13-15-6-10-19(21)11-7-15;2*1-2-4-5-3-1;1-3-4-2;;;;/h8-15H,5-7H2,1-4H3;6-13H,3-5H2,1-2H3;4-11H,1-3H2;2*1-5H2;1-2H3;1H4;2*1H3;/q;;-2;;;;;2*-1;+4. The van der Waals surface area contributed by atoms with Gasteiger partial charge < -0.3 is 14.9 Å². The van der Waals surface area contributed by atoms with Crippen LogP contribution in [-0.4, -0.2) is 0 Å². The fraction of sp³-hybridized carbons (Fsp3) is 0.333. The second-order valence-corrected chi connectivity index (χ2v) is 27.1. The molecule has 8 aromatic rings. The van der Waals surface area contributed by atoms with Gasteiger partial charge in [-0.05, 0) is 216 Å². The van der Waals surface area contributed by atoms with Crippen LogP contribution in [-0.2, 0) is 51.9 Å². The molecule has 0 spiro atoms. The largest absolute Gasteiger partial charge is 4.00 e. The summed E-state index contributed by atoms with van der Waals surface area (Å²) in [6, 6.07) is 52.2. The maximum absolute atomic E-state index is 3.56. The van der Waals surface area contributed by atoms with E-state index in [9.17, 15) is 0 Å². The molecule has 8 aromatic carbocycles. The quantitative estimate of drug-likeness (QED) is 0.115. The van der Waals surface area contributed by atoms with Crippen molar-refractivity contribution in [3.63, 3.8) is 0 Å². The maximum Gasteiger partial charge on any atom is 4.00 e. The van der Waals surface area contributed by atoms with Crippen molar-refractivity contribution in [1.29, 1.82) is 0 Å². The summed E-state index contributed by atoms with van der Waals surface area (Å²) in [5.74, 6) is 5.36. The third kappa shape index (κ3) is 21.6. The molecule has 0 N–H and O–H groups in total. The summed E-state index contributed by atoms with van der Waals surface area (Å²) in [6.45, 7) is 17.1. The predicted molar refractivity (Wildman–Crippen MR) is 401 cm³/mol. The van der Waals surface area contributed by atoms with Crippen LogP contribution in [0.4, 0.5) is 0 Å². The van der Waals surface area contributed by atoms with Crippen LogP contribution in [0.3, 0.4) is 0 Å². The van der Waals surface area contributed by atoms with Crippen LogP contribution in [0.15, 0.2) is 175 Å².